The molecule has 0 radical (unpaired) electrons. The maximum absolute atomic E-state index is 13.0. The number of hydrogen-bond acceptors (Lipinski definition) is 5. The maximum Gasteiger partial charge on any atom is 0.239 e. The van der Waals surface area contributed by atoms with Gasteiger partial charge in [0.25, 0.3) is 0 Å². The van der Waals surface area contributed by atoms with Crippen LogP contribution in [0, 0.1) is 5.82 Å². The monoisotopic (exact) mass is 371 g/mol. The molecule has 1 fully saturated rings. The van der Waals surface area contributed by atoms with Crippen LogP contribution in [0.15, 0.2) is 58.7 Å². The van der Waals surface area contributed by atoms with Gasteiger partial charge in [-0.1, -0.05) is 23.9 Å². The molecule has 26 heavy (non-hydrogen) atoms. The molecule has 0 bridgehead atoms. The van der Waals surface area contributed by atoms with Crippen molar-refractivity contribution in [2.24, 2.45) is 10.2 Å². The molecule has 7 heteroatoms. The van der Waals surface area contributed by atoms with Crippen molar-refractivity contribution in [3.05, 3.63) is 65.5 Å². The van der Waals surface area contributed by atoms with Crippen LogP contribution in [0.5, 0.6) is 5.75 Å². The number of amides is 1. The highest BCUT2D eigenvalue weighted by Crippen LogP contribution is 2.23. The number of nitrogens with zero attached hydrogens (tertiary/aromatic N) is 2. The third kappa shape index (κ3) is 4.49. The van der Waals surface area contributed by atoms with Crippen LogP contribution in [0.4, 0.5) is 4.39 Å². The first-order chi connectivity index (χ1) is 12.5. The van der Waals surface area contributed by atoms with E-state index in [9.17, 15) is 9.18 Å². The van der Waals surface area contributed by atoms with Gasteiger partial charge in [-0.3, -0.25) is 4.79 Å². The molecule has 0 unspecified atom stereocenters. The van der Waals surface area contributed by atoms with Gasteiger partial charge in [-0.05, 0) is 60.9 Å². The third-order valence-electron chi connectivity index (χ3n) is 3.91. The van der Waals surface area contributed by atoms with E-state index in [0.717, 1.165) is 22.6 Å². The summed E-state index contributed by atoms with van der Waals surface area (Å²) in [5.41, 5.74) is 2.56. The van der Waals surface area contributed by atoms with Gasteiger partial charge in [-0.25, -0.2) is 4.39 Å². The Hall–Kier alpha value is -2.67. The SMILES string of the molecule is COc1ccc(/C(C)=N/N=C2/NC(=O)[C@H](Cc3ccc(F)cc3)S2)cc1. The summed E-state index contributed by atoms with van der Waals surface area (Å²) in [5.74, 6) is 0.369. The lowest BCUT2D eigenvalue weighted by Gasteiger charge is -2.04. The molecule has 3 rings (SSSR count). The number of carbonyl (C=O) groups is 1. The predicted octanol–water partition coefficient (Wildman–Crippen LogP) is 3.39. The predicted molar refractivity (Wildman–Crippen MR) is 102 cm³/mol. The van der Waals surface area contributed by atoms with E-state index in [1.807, 2.05) is 31.2 Å². The molecule has 134 valence electrons. The molecule has 1 aliphatic heterocycles. The van der Waals surface area contributed by atoms with Crippen LogP contribution in [0.2, 0.25) is 0 Å². The summed E-state index contributed by atoms with van der Waals surface area (Å²) in [6, 6.07) is 13.7. The zero-order chi connectivity index (χ0) is 18.5. The molecule has 0 spiro atoms. The molecule has 0 aromatic heterocycles. The second kappa shape index (κ2) is 8.14. The van der Waals surface area contributed by atoms with Crippen LogP contribution in [0.3, 0.4) is 0 Å². The summed E-state index contributed by atoms with van der Waals surface area (Å²) < 4.78 is 18.1. The van der Waals surface area contributed by atoms with E-state index in [1.54, 1.807) is 19.2 Å². The summed E-state index contributed by atoms with van der Waals surface area (Å²) >= 11 is 1.33. The molecule has 1 heterocycles. The van der Waals surface area contributed by atoms with Crippen molar-refractivity contribution < 1.29 is 13.9 Å². The lowest BCUT2D eigenvalue weighted by molar-refractivity contribution is -0.118. The smallest absolute Gasteiger partial charge is 0.239 e. The summed E-state index contributed by atoms with van der Waals surface area (Å²) in [6.45, 7) is 1.85. The van der Waals surface area contributed by atoms with Crippen molar-refractivity contribution in [1.82, 2.24) is 5.32 Å². The van der Waals surface area contributed by atoms with E-state index < -0.39 is 0 Å². The quantitative estimate of drug-likeness (QED) is 0.647. The lowest BCUT2D eigenvalue weighted by Crippen LogP contribution is -2.26. The fourth-order valence-electron chi connectivity index (χ4n) is 2.43. The summed E-state index contributed by atoms with van der Waals surface area (Å²) in [6.07, 6.45) is 0.511. The van der Waals surface area contributed by atoms with Gasteiger partial charge >= 0.3 is 0 Å². The minimum absolute atomic E-state index is 0.115. The number of methoxy groups -OCH3 is 1. The minimum atomic E-state index is -0.296. The largest absolute Gasteiger partial charge is 0.497 e. The Kier molecular flexibility index (Phi) is 5.68. The van der Waals surface area contributed by atoms with Crippen molar-refractivity contribution in [2.75, 3.05) is 7.11 Å². The number of nitrogens with one attached hydrogen (secondary N) is 1. The van der Waals surface area contributed by atoms with Crippen molar-refractivity contribution in [1.29, 1.82) is 0 Å². The van der Waals surface area contributed by atoms with Gasteiger partial charge < -0.3 is 10.1 Å². The van der Waals surface area contributed by atoms with Crippen molar-refractivity contribution >= 4 is 28.5 Å². The van der Waals surface area contributed by atoms with Crippen molar-refractivity contribution in [3.8, 4) is 5.75 Å². The molecule has 2 aromatic rings. The summed E-state index contributed by atoms with van der Waals surface area (Å²) in [7, 11) is 1.62. The van der Waals surface area contributed by atoms with Crippen molar-refractivity contribution in [2.45, 2.75) is 18.6 Å². The van der Waals surface area contributed by atoms with Crippen molar-refractivity contribution in [3.63, 3.8) is 0 Å². The first kappa shape index (κ1) is 18.1. The minimum Gasteiger partial charge on any atom is -0.497 e. The molecular formula is C19H18FN3O2S. The van der Waals surface area contributed by atoms with Crippen LogP contribution in [-0.2, 0) is 11.2 Å². The van der Waals surface area contributed by atoms with Crippen LogP contribution in [0.1, 0.15) is 18.1 Å². The van der Waals surface area contributed by atoms with E-state index in [0.29, 0.717) is 11.6 Å². The highest BCUT2D eigenvalue weighted by atomic mass is 32.2. The number of halogens is 1. The Morgan fingerprint density at radius 1 is 1.19 bits per heavy atom. The second-order valence-electron chi connectivity index (χ2n) is 5.75. The molecule has 1 N–H and O–H groups in total. The average molecular weight is 371 g/mol. The van der Waals surface area contributed by atoms with E-state index in [4.69, 9.17) is 4.74 Å². The van der Waals surface area contributed by atoms with Crippen LogP contribution in [-0.4, -0.2) is 29.1 Å². The van der Waals surface area contributed by atoms with Crippen LogP contribution in [0.25, 0.3) is 0 Å². The van der Waals surface area contributed by atoms with E-state index in [-0.39, 0.29) is 17.0 Å². The van der Waals surface area contributed by atoms with Gasteiger partial charge in [-0.15, -0.1) is 5.10 Å². The molecule has 0 aliphatic carbocycles. The molecular weight excluding hydrogens is 353 g/mol. The van der Waals surface area contributed by atoms with E-state index in [1.165, 1.54) is 23.9 Å². The Morgan fingerprint density at radius 2 is 1.88 bits per heavy atom. The lowest BCUT2D eigenvalue weighted by atomic mass is 10.1. The Labute approximate surface area is 155 Å². The van der Waals surface area contributed by atoms with Gasteiger partial charge in [0.2, 0.25) is 5.91 Å². The fourth-order valence-corrected chi connectivity index (χ4v) is 3.39. The fraction of sp³-hybridized carbons (Fsp3) is 0.211. The molecule has 0 saturated carbocycles. The average Bonchev–Trinajstić information content (AvgIpc) is 3.01. The molecule has 1 aliphatic rings. The highest BCUT2D eigenvalue weighted by Gasteiger charge is 2.30. The number of amidine groups is 1. The Bertz CT molecular complexity index is 848. The van der Waals surface area contributed by atoms with E-state index >= 15 is 0 Å². The zero-order valence-corrected chi connectivity index (χ0v) is 15.2. The summed E-state index contributed by atoms with van der Waals surface area (Å²) in [4.78, 5) is 12.1. The van der Waals surface area contributed by atoms with Gasteiger partial charge in [-0.2, -0.15) is 5.10 Å². The normalized spacial score (nSPS) is 18.9. The third-order valence-corrected chi connectivity index (χ3v) is 4.98. The number of carbonyl (C=O) groups excluding carboxylic acids is 1. The van der Waals surface area contributed by atoms with Gasteiger partial charge in [0, 0.05) is 0 Å². The zero-order valence-electron chi connectivity index (χ0n) is 14.4. The number of thioether (sulfide) groups is 1. The first-order valence-electron chi connectivity index (χ1n) is 8.04. The molecule has 1 saturated heterocycles. The Morgan fingerprint density at radius 3 is 2.54 bits per heavy atom. The number of benzene rings is 2. The highest BCUT2D eigenvalue weighted by molar-refractivity contribution is 8.15. The number of rotatable bonds is 5. The van der Waals surface area contributed by atoms with Crippen LogP contribution < -0.4 is 10.1 Å². The molecule has 1 atom stereocenters. The van der Waals surface area contributed by atoms with Crippen LogP contribution >= 0.6 is 11.8 Å². The van der Waals surface area contributed by atoms with Gasteiger partial charge in [0.1, 0.15) is 11.6 Å². The topological polar surface area (TPSA) is 63.1 Å². The molecule has 2 aromatic carbocycles. The summed E-state index contributed by atoms with van der Waals surface area (Å²) in [5, 5.41) is 11.2. The second-order valence-corrected chi connectivity index (χ2v) is 6.94. The first-order valence-corrected chi connectivity index (χ1v) is 8.92. The maximum atomic E-state index is 13.0. The molecule has 5 nitrogen and oxygen atoms in total. The molecule has 1 amide bonds. The van der Waals surface area contributed by atoms with Gasteiger partial charge in [0.05, 0.1) is 18.1 Å². The number of ether oxygens (including phenoxy) is 1. The standard InChI is InChI=1S/C19H18FN3O2S/c1-12(14-5-9-16(25-2)10-6-14)22-23-19-21-18(24)17(26-19)11-13-3-7-15(20)8-4-13/h3-10,17H,11H2,1-2H3,(H,21,23,24)/b22-12+/t17-/m0/s1. The van der Waals surface area contributed by atoms with Gasteiger partial charge in [0.15, 0.2) is 5.17 Å². The van der Waals surface area contributed by atoms with E-state index in [2.05, 4.69) is 15.5 Å². The number of hydrogen-bond donors (Lipinski definition) is 1. The Balaban J connectivity index is 1.65.